The van der Waals surface area contributed by atoms with Gasteiger partial charge in [-0.2, -0.15) is 0 Å². The van der Waals surface area contributed by atoms with Crippen LogP contribution in [0.4, 0.5) is 0 Å². The zero-order valence-electron chi connectivity index (χ0n) is 13.4. The Morgan fingerprint density at radius 3 is 3.04 bits per heavy atom. The first-order valence-electron chi connectivity index (χ1n) is 7.84. The van der Waals surface area contributed by atoms with Crippen molar-refractivity contribution in [3.05, 3.63) is 46.0 Å². The van der Waals surface area contributed by atoms with Gasteiger partial charge < -0.3 is 10.4 Å². The minimum Gasteiger partial charge on any atom is -0.396 e. The fraction of sp³-hybridized carbons (Fsp3) is 0.471. The summed E-state index contributed by atoms with van der Waals surface area (Å²) < 4.78 is 1.39. The van der Waals surface area contributed by atoms with Crippen molar-refractivity contribution in [1.82, 2.24) is 14.7 Å². The molecular weight excluding hydrogens is 294 g/mol. The van der Waals surface area contributed by atoms with Crippen molar-refractivity contribution in [2.45, 2.75) is 39.2 Å². The normalized spacial score (nSPS) is 24.0. The summed E-state index contributed by atoms with van der Waals surface area (Å²) in [4.78, 5) is 29.2. The fourth-order valence-corrected chi connectivity index (χ4v) is 3.24. The molecule has 0 radical (unpaired) electrons. The van der Waals surface area contributed by atoms with E-state index in [2.05, 4.69) is 10.3 Å². The lowest BCUT2D eigenvalue weighted by atomic mass is 9.85. The number of aliphatic hydroxyl groups excluding tert-OH is 1. The third-order valence-corrected chi connectivity index (χ3v) is 4.84. The molecule has 122 valence electrons. The van der Waals surface area contributed by atoms with E-state index < -0.39 is 5.91 Å². The summed E-state index contributed by atoms with van der Waals surface area (Å²) in [5, 5.41) is 12.5. The Balaban J connectivity index is 1.92. The highest BCUT2D eigenvalue weighted by Gasteiger charge is 2.39. The SMILES string of the molecule is Cc1ccc2ncc(C(=O)NC3CCCC3(C)CO)c(=O)n2c1. The second-order valence-electron chi connectivity index (χ2n) is 6.64. The van der Waals surface area contributed by atoms with Crippen LogP contribution in [0.25, 0.3) is 5.65 Å². The van der Waals surface area contributed by atoms with Gasteiger partial charge in [0, 0.05) is 23.9 Å². The van der Waals surface area contributed by atoms with Gasteiger partial charge in [0.15, 0.2) is 0 Å². The molecule has 1 saturated carbocycles. The topological polar surface area (TPSA) is 83.7 Å². The fourth-order valence-electron chi connectivity index (χ4n) is 3.24. The van der Waals surface area contributed by atoms with Crippen LogP contribution in [0.3, 0.4) is 0 Å². The number of hydrogen-bond donors (Lipinski definition) is 2. The number of carbonyl (C=O) groups is 1. The lowest BCUT2D eigenvalue weighted by Gasteiger charge is -2.29. The molecule has 2 N–H and O–H groups in total. The van der Waals surface area contributed by atoms with E-state index in [0.717, 1.165) is 24.8 Å². The van der Waals surface area contributed by atoms with Crippen molar-refractivity contribution in [3.63, 3.8) is 0 Å². The van der Waals surface area contributed by atoms with Gasteiger partial charge in [0.1, 0.15) is 11.2 Å². The molecule has 1 amide bonds. The number of aryl methyl sites for hydroxylation is 1. The highest BCUT2D eigenvalue weighted by molar-refractivity contribution is 5.94. The molecule has 3 rings (SSSR count). The first-order chi connectivity index (χ1) is 10.9. The number of fused-ring (bicyclic) bond motifs is 1. The van der Waals surface area contributed by atoms with Crippen molar-refractivity contribution < 1.29 is 9.90 Å². The Labute approximate surface area is 134 Å². The van der Waals surface area contributed by atoms with Crippen LogP contribution < -0.4 is 10.9 Å². The molecule has 2 unspecified atom stereocenters. The number of amides is 1. The average Bonchev–Trinajstić information content (AvgIpc) is 2.90. The minimum absolute atomic E-state index is 0.0199. The highest BCUT2D eigenvalue weighted by Crippen LogP contribution is 2.37. The summed E-state index contributed by atoms with van der Waals surface area (Å²) in [5.74, 6) is -0.426. The van der Waals surface area contributed by atoms with Gasteiger partial charge in [0.05, 0.1) is 6.61 Å². The number of nitrogens with one attached hydrogen (secondary N) is 1. The van der Waals surface area contributed by atoms with E-state index in [4.69, 9.17) is 0 Å². The Kier molecular flexibility index (Phi) is 3.93. The van der Waals surface area contributed by atoms with Gasteiger partial charge in [-0.15, -0.1) is 0 Å². The Morgan fingerprint density at radius 1 is 1.52 bits per heavy atom. The van der Waals surface area contributed by atoms with Gasteiger partial charge in [-0.1, -0.05) is 19.4 Å². The molecule has 0 bridgehead atoms. The van der Waals surface area contributed by atoms with Crippen molar-refractivity contribution >= 4 is 11.6 Å². The van der Waals surface area contributed by atoms with Crippen molar-refractivity contribution in [1.29, 1.82) is 0 Å². The zero-order valence-corrected chi connectivity index (χ0v) is 13.4. The van der Waals surface area contributed by atoms with Crippen LogP contribution in [0, 0.1) is 12.3 Å². The Morgan fingerprint density at radius 2 is 2.30 bits per heavy atom. The molecule has 1 aliphatic rings. The van der Waals surface area contributed by atoms with Gasteiger partial charge in [0.2, 0.25) is 0 Å². The molecule has 6 heteroatoms. The number of nitrogens with zero attached hydrogens (tertiary/aromatic N) is 2. The highest BCUT2D eigenvalue weighted by atomic mass is 16.3. The zero-order chi connectivity index (χ0) is 16.6. The first-order valence-corrected chi connectivity index (χ1v) is 7.84. The molecule has 2 atom stereocenters. The van der Waals surface area contributed by atoms with Gasteiger partial charge in [-0.05, 0) is 31.4 Å². The van der Waals surface area contributed by atoms with Crippen LogP contribution in [-0.2, 0) is 0 Å². The number of carbonyl (C=O) groups excluding carboxylic acids is 1. The predicted molar refractivity (Wildman–Crippen MR) is 86.5 cm³/mol. The molecule has 0 spiro atoms. The number of hydrogen-bond acceptors (Lipinski definition) is 4. The molecule has 1 fully saturated rings. The summed E-state index contributed by atoms with van der Waals surface area (Å²) in [5.41, 5.74) is 0.758. The van der Waals surface area contributed by atoms with Crippen LogP contribution >= 0.6 is 0 Å². The van der Waals surface area contributed by atoms with E-state index >= 15 is 0 Å². The van der Waals surface area contributed by atoms with Gasteiger partial charge in [-0.25, -0.2) is 4.98 Å². The summed E-state index contributed by atoms with van der Waals surface area (Å²) in [6.07, 6.45) is 5.63. The van der Waals surface area contributed by atoms with Crippen LogP contribution in [-0.4, -0.2) is 33.0 Å². The van der Waals surface area contributed by atoms with E-state index in [1.807, 2.05) is 19.9 Å². The van der Waals surface area contributed by atoms with Crippen molar-refractivity contribution in [3.8, 4) is 0 Å². The molecule has 0 aromatic carbocycles. The third kappa shape index (κ3) is 2.74. The second kappa shape index (κ2) is 5.77. The van der Waals surface area contributed by atoms with Crippen LogP contribution in [0.5, 0.6) is 0 Å². The summed E-state index contributed by atoms with van der Waals surface area (Å²) in [6.45, 7) is 3.86. The van der Waals surface area contributed by atoms with E-state index in [-0.39, 0.29) is 29.2 Å². The summed E-state index contributed by atoms with van der Waals surface area (Å²) >= 11 is 0. The molecule has 2 aromatic rings. The van der Waals surface area contributed by atoms with E-state index in [1.165, 1.54) is 10.6 Å². The maximum atomic E-state index is 12.5. The molecule has 6 nitrogen and oxygen atoms in total. The van der Waals surface area contributed by atoms with Gasteiger partial charge in [0.25, 0.3) is 11.5 Å². The van der Waals surface area contributed by atoms with E-state index in [1.54, 1.807) is 12.3 Å². The predicted octanol–water partition coefficient (Wildman–Crippen LogP) is 1.28. The second-order valence-corrected chi connectivity index (χ2v) is 6.64. The molecule has 2 heterocycles. The molecule has 2 aromatic heterocycles. The maximum Gasteiger partial charge on any atom is 0.270 e. The molecular formula is C17H21N3O3. The minimum atomic E-state index is -0.426. The average molecular weight is 315 g/mol. The van der Waals surface area contributed by atoms with Crippen molar-refractivity contribution in [2.24, 2.45) is 5.41 Å². The molecule has 1 aliphatic carbocycles. The Bertz CT molecular complexity index is 814. The number of aliphatic hydroxyl groups is 1. The Hall–Kier alpha value is -2.21. The smallest absolute Gasteiger partial charge is 0.270 e. The molecule has 0 aliphatic heterocycles. The third-order valence-electron chi connectivity index (χ3n) is 4.84. The van der Waals surface area contributed by atoms with E-state index in [0.29, 0.717) is 5.65 Å². The summed E-state index contributed by atoms with van der Waals surface area (Å²) in [6, 6.07) is 3.49. The summed E-state index contributed by atoms with van der Waals surface area (Å²) in [7, 11) is 0. The standard InChI is InChI=1S/C17H21N3O3/c1-11-5-6-14-18-8-12(16(23)20(14)9-11)15(22)19-13-4-3-7-17(13,2)10-21/h5-6,8-9,13,21H,3-4,7,10H2,1-2H3,(H,19,22). The lowest BCUT2D eigenvalue weighted by molar-refractivity contribution is 0.0828. The van der Waals surface area contributed by atoms with Crippen LogP contribution in [0.2, 0.25) is 0 Å². The van der Waals surface area contributed by atoms with Crippen molar-refractivity contribution in [2.75, 3.05) is 6.61 Å². The van der Waals surface area contributed by atoms with Gasteiger partial charge >= 0.3 is 0 Å². The number of pyridine rings is 1. The lowest BCUT2D eigenvalue weighted by Crippen LogP contribution is -2.46. The molecule has 23 heavy (non-hydrogen) atoms. The van der Waals surface area contributed by atoms with Crippen LogP contribution in [0.15, 0.2) is 29.3 Å². The largest absolute Gasteiger partial charge is 0.396 e. The molecule has 0 saturated heterocycles. The first kappa shape index (κ1) is 15.7. The van der Waals surface area contributed by atoms with Crippen LogP contribution in [0.1, 0.15) is 42.1 Å². The number of aromatic nitrogens is 2. The monoisotopic (exact) mass is 315 g/mol. The maximum absolute atomic E-state index is 12.5. The van der Waals surface area contributed by atoms with E-state index in [9.17, 15) is 14.7 Å². The van der Waals surface area contributed by atoms with Gasteiger partial charge in [-0.3, -0.25) is 14.0 Å². The number of rotatable bonds is 3. The quantitative estimate of drug-likeness (QED) is 0.894.